The monoisotopic (exact) mass is 491 g/mol. The molecule has 1 heterocycles. The molecule has 1 aromatic heterocycles. The van der Waals surface area contributed by atoms with Crippen LogP contribution in [0.1, 0.15) is 10.4 Å². The van der Waals surface area contributed by atoms with Crippen LogP contribution in [0.15, 0.2) is 71.6 Å². The zero-order valence-corrected chi connectivity index (χ0v) is 19.2. The van der Waals surface area contributed by atoms with Crippen molar-refractivity contribution in [3.8, 4) is 0 Å². The number of amides is 1. The summed E-state index contributed by atoms with van der Waals surface area (Å²) in [6.45, 7) is 0. The van der Waals surface area contributed by atoms with Crippen molar-refractivity contribution in [3.05, 3.63) is 82.3 Å². The van der Waals surface area contributed by atoms with Gasteiger partial charge in [0.1, 0.15) is 5.52 Å². The van der Waals surface area contributed by atoms with Crippen LogP contribution >= 0.6 is 34.5 Å². The maximum absolute atomic E-state index is 12.9. The predicted octanol–water partition coefficient (Wildman–Crippen LogP) is 5.68. The van der Waals surface area contributed by atoms with Gasteiger partial charge in [0, 0.05) is 12.6 Å². The molecule has 0 saturated heterocycles. The fraction of sp³-hybridized carbons (Fsp3) is 0.0476. The van der Waals surface area contributed by atoms with E-state index in [2.05, 4.69) is 10.3 Å². The lowest BCUT2D eigenvalue weighted by molar-refractivity contribution is 0.102. The van der Waals surface area contributed by atoms with Crippen LogP contribution in [-0.4, -0.2) is 26.4 Å². The molecule has 10 heteroatoms. The molecule has 1 N–H and O–H groups in total. The van der Waals surface area contributed by atoms with E-state index in [1.807, 2.05) is 6.07 Å². The number of fused-ring (bicyclic) bond motifs is 1. The molecule has 158 valence electrons. The Labute approximate surface area is 193 Å². The average molecular weight is 492 g/mol. The maximum Gasteiger partial charge on any atom is 0.264 e. The van der Waals surface area contributed by atoms with Gasteiger partial charge >= 0.3 is 0 Å². The summed E-state index contributed by atoms with van der Waals surface area (Å²) >= 11 is 13.4. The Bertz CT molecular complexity index is 1370. The van der Waals surface area contributed by atoms with Gasteiger partial charge in [-0.05, 0) is 48.5 Å². The third kappa shape index (κ3) is 4.24. The molecule has 31 heavy (non-hydrogen) atoms. The summed E-state index contributed by atoms with van der Waals surface area (Å²) in [5, 5.41) is 3.78. The van der Waals surface area contributed by atoms with E-state index in [9.17, 15) is 13.2 Å². The second-order valence-electron chi connectivity index (χ2n) is 6.51. The molecular formula is C21H15Cl2N3O3S2. The Morgan fingerprint density at radius 3 is 2.35 bits per heavy atom. The number of nitrogens with zero attached hydrogens (tertiary/aromatic N) is 2. The van der Waals surface area contributed by atoms with Gasteiger partial charge in [-0.2, -0.15) is 0 Å². The van der Waals surface area contributed by atoms with E-state index in [4.69, 9.17) is 23.2 Å². The largest absolute Gasteiger partial charge is 0.298 e. The van der Waals surface area contributed by atoms with E-state index in [1.165, 1.54) is 47.0 Å². The predicted molar refractivity (Wildman–Crippen MR) is 126 cm³/mol. The van der Waals surface area contributed by atoms with Crippen LogP contribution in [0.4, 0.5) is 10.8 Å². The molecule has 0 fully saturated rings. The van der Waals surface area contributed by atoms with Gasteiger partial charge in [0.25, 0.3) is 15.9 Å². The van der Waals surface area contributed by atoms with Crippen molar-refractivity contribution in [1.29, 1.82) is 0 Å². The van der Waals surface area contributed by atoms with Crippen molar-refractivity contribution < 1.29 is 13.2 Å². The molecule has 4 rings (SSSR count). The molecule has 0 aliphatic rings. The lowest BCUT2D eigenvalue weighted by atomic mass is 10.2. The van der Waals surface area contributed by atoms with Crippen molar-refractivity contribution in [2.45, 2.75) is 4.90 Å². The zero-order valence-electron chi connectivity index (χ0n) is 16.0. The summed E-state index contributed by atoms with van der Waals surface area (Å²) in [5.74, 6) is -0.415. The number of hydrogen-bond acceptors (Lipinski definition) is 5. The van der Waals surface area contributed by atoms with Gasteiger partial charge in [-0.15, -0.1) is 0 Å². The van der Waals surface area contributed by atoms with E-state index in [-0.39, 0.29) is 4.90 Å². The summed E-state index contributed by atoms with van der Waals surface area (Å²) < 4.78 is 27.7. The molecule has 0 radical (unpaired) electrons. The summed E-state index contributed by atoms with van der Waals surface area (Å²) in [6.07, 6.45) is 0. The number of halogens is 2. The van der Waals surface area contributed by atoms with Gasteiger partial charge in [-0.25, -0.2) is 13.4 Å². The SMILES string of the molecule is CN(c1ccccc1)S(=O)(=O)c1ccc(C(=O)Nc2nc3c(Cl)c(Cl)ccc3s2)cc1. The van der Waals surface area contributed by atoms with Crippen LogP contribution in [0.5, 0.6) is 0 Å². The van der Waals surface area contributed by atoms with Crippen LogP contribution in [-0.2, 0) is 10.0 Å². The molecule has 0 aliphatic heterocycles. The topological polar surface area (TPSA) is 79.4 Å². The number of hydrogen-bond donors (Lipinski definition) is 1. The van der Waals surface area contributed by atoms with E-state index in [1.54, 1.807) is 36.4 Å². The Kier molecular flexibility index (Phi) is 5.90. The first-order valence-corrected chi connectivity index (χ1v) is 12.0. The Balaban J connectivity index is 1.54. The Hall–Kier alpha value is -2.65. The number of anilines is 2. The van der Waals surface area contributed by atoms with Gasteiger partial charge in [-0.1, -0.05) is 52.7 Å². The molecule has 0 unspecified atom stereocenters. The van der Waals surface area contributed by atoms with E-state index in [0.717, 1.165) is 4.70 Å². The Morgan fingerprint density at radius 1 is 1.00 bits per heavy atom. The molecular weight excluding hydrogens is 477 g/mol. The van der Waals surface area contributed by atoms with Gasteiger partial charge < -0.3 is 0 Å². The van der Waals surface area contributed by atoms with E-state index < -0.39 is 15.9 Å². The number of rotatable bonds is 5. The molecule has 6 nitrogen and oxygen atoms in total. The van der Waals surface area contributed by atoms with Gasteiger partial charge in [0.15, 0.2) is 5.13 Å². The first kappa shape index (κ1) is 21.6. The summed E-state index contributed by atoms with van der Waals surface area (Å²) in [7, 11) is -2.27. The van der Waals surface area contributed by atoms with Crippen LogP contribution in [0, 0.1) is 0 Å². The van der Waals surface area contributed by atoms with Gasteiger partial charge in [-0.3, -0.25) is 14.4 Å². The van der Waals surface area contributed by atoms with Crippen molar-refractivity contribution in [2.24, 2.45) is 0 Å². The number of carbonyl (C=O) groups excluding carboxylic acids is 1. The highest BCUT2D eigenvalue weighted by Gasteiger charge is 2.22. The first-order valence-electron chi connectivity index (χ1n) is 8.97. The number of benzene rings is 3. The van der Waals surface area contributed by atoms with Crippen molar-refractivity contribution in [3.63, 3.8) is 0 Å². The third-order valence-corrected chi connectivity index (χ3v) is 8.10. The number of sulfonamides is 1. The number of nitrogens with one attached hydrogen (secondary N) is 1. The second kappa shape index (κ2) is 8.47. The summed E-state index contributed by atoms with van der Waals surface area (Å²) in [6, 6.07) is 17.9. The van der Waals surface area contributed by atoms with E-state index >= 15 is 0 Å². The third-order valence-electron chi connectivity index (χ3n) is 4.57. The minimum atomic E-state index is -3.76. The molecule has 3 aromatic carbocycles. The molecule has 0 spiro atoms. The Morgan fingerprint density at radius 2 is 1.68 bits per heavy atom. The summed E-state index contributed by atoms with van der Waals surface area (Å²) in [4.78, 5) is 17.0. The van der Waals surface area contributed by atoms with Crippen molar-refractivity contribution in [1.82, 2.24) is 4.98 Å². The van der Waals surface area contributed by atoms with Crippen LogP contribution < -0.4 is 9.62 Å². The summed E-state index contributed by atoms with van der Waals surface area (Å²) in [5.41, 5.74) is 1.35. The number of thiazole rings is 1. The van der Waals surface area contributed by atoms with Gasteiger partial charge in [0.05, 0.1) is 25.3 Å². The van der Waals surface area contributed by atoms with E-state index in [0.29, 0.717) is 31.9 Å². The van der Waals surface area contributed by atoms with Crippen molar-refractivity contribution >= 4 is 71.5 Å². The van der Waals surface area contributed by atoms with Crippen molar-refractivity contribution in [2.75, 3.05) is 16.7 Å². The lowest BCUT2D eigenvalue weighted by Gasteiger charge is -2.19. The minimum absolute atomic E-state index is 0.0804. The quantitative estimate of drug-likeness (QED) is 0.389. The molecule has 0 atom stereocenters. The normalized spacial score (nSPS) is 11.5. The highest BCUT2D eigenvalue weighted by atomic mass is 35.5. The van der Waals surface area contributed by atoms with Crippen LogP contribution in [0.25, 0.3) is 10.2 Å². The molecule has 0 saturated carbocycles. The average Bonchev–Trinajstić information content (AvgIpc) is 3.19. The van der Waals surface area contributed by atoms with Gasteiger partial charge in [0.2, 0.25) is 0 Å². The fourth-order valence-electron chi connectivity index (χ4n) is 2.87. The standard InChI is InChI=1S/C21H15Cl2N3O3S2/c1-26(14-5-3-2-4-6-14)31(28,29)15-9-7-13(8-10-15)20(27)25-21-24-19-17(30-21)12-11-16(22)18(19)23/h2-12H,1H3,(H,24,25,27). The number of aromatic nitrogens is 1. The molecule has 0 aliphatic carbocycles. The first-order chi connectivity index (χ1) is 14.8. The lowest BCUT2D eigenvalue weighted by Crippen LogP contribution is -2.26. The second-order valence-corrected chi connectivity index (χ2v) is 10.3. The minimum Gasteiger partial charge on any atom is -0.298 e. The highest BCUT2D eigenvalue weighted by molar-refractivity contribution is 7.92. The fourth-order valence-corrected chi connectivity index (χ4v) is 5.35. The molecule has 1 amide bonds. The number of para-hydroxylation sites is 1. The van der Waals surface area contributed by atoms with Crippen LogP contribution in [0.2, 0.25) is 10.0 Å². The van der Waals surface area contributed by atoms with Crippen LogP contribution in [0.3, 0.4) is 0 Å². The smallest absolute Gasteiger partial charge is 0.264 e. The zero-order chi connectivity index (χ0) is 22.2. The molecule has 4 aromatic rings. The molecule has 0 bridgehead atoms. The maximum atomic E-state index is 12.9. The number of carbonyl (C=O) groups is 1. The highest BCUT2D eigenvalue weighted by Crippen LogP contribution is 2.35.